The zero-order valence-electron chi connectivity index (χ0n) is 15.7. The van der Waals surface area contributed by atoms with Crippen molar-refractivity contribution in [2.75, 3.05) is 0 Å². The van der Waals surface area contributed by atoms with E-state index < -0.39 is 10.8 Å². The number of nitriles is 1. The number of non-ortho nitro benzene ring substituents is 1. The normalized spacial score (nSPS) is 21.0. The number of nitrogens with two attached hydrogens (primary N) is 1. The molecule has 0 saturated heterocycles. The molecule has 0 amide bonds. The molecule has 2 aromatic rings. The average Bonchev–Trinajstić information content (AvgIpc) is 2.73. The molecule has 1 aliphatic carbocycles. The van der Waals surface area contributed by atoms with Crippen LogP contribution >= 0.6 is 11.6 Å². The van der Waals surface area contributed by atoms with Gasteiger partial charge in [-0.25, -0.2) is 0 Å². The lowest BCUT2D eigenvalue weighted by molar-refractivity contribution is -0.384. The summed E-state index contributed by atoms with van der Waals surface area (Å²) in [7, 11) is 0. The van der Waals surface area contributed by atoms with Gasteiger partial charge < -0.3 is 10.5 Å². The number of ether oxygens (including phenoxy) is 1. The van der Waals surface area contributed by atoms with Crippen LogP contribution in [0.5, 0.6) is 0 Å². The molecule has 0 saturated carbocycles. The molecule has 30 heavy (non-hydrogen) atoms. The van der Waals surface area contributed by atoms with Crippen molar-refractivity contribution in [3.8, 4) is 6.07 Å². The fourth-order valence-corrected chi connectivity index (χ4v) is 4.38. The maximum Gasteiger partial charge on any atom is 0.269 e. The highest BCUT2D eigenvalue weighted by atomic mass is 35.5. The molecule has 1 aliphatic heterocycles. The number of carbonyl (C=O) groups is 1. The smallest absolute Gasteiger partial charge is 0.269 e. The van der Waals surface area contributed by atoms with Crippen molar-refractivity contribution in [2.45, 2.75) is 24.7 Å². The fraction of sp³-hybridized carbons (Fsp3) is 0.182. The van der Waals surface area contributed by atoms with Crippen LogP contribution in [-0.2, 0) is 9.53 Å². The van der Waals surface area contributed by atoms with Crippen molar-refractivity contribution in [1.82, 2.24) is 0 Å². The number of carbonyl (C=O) groups excluding carboxylic acids is 1. The highest BCUT2D eigenvalue weighted by Gasteiger charge is 2.41. The summed E-state index contributed by atoms with van der Waals surface area (Å²) in [5.41, 5.74) is 7.56. The van der Waals surface area contributed by atoms with Gasteiger partial charge in [-0.05, 0) is 23.1 Å². The number of rotatable bonds is 3. The Labute approximate surface area is 177 Å². The van der Waals surface area contributed by atoms with Gasteiger partial charge in [-0.15, -0.1) is 0 Å². The van der Waals surface area contributed by atoms with Crippen molar-refractivity contribution >= 4 is 23.1 Å². The van der Waals surface area contributed by atoms with Gasteiger partial charge in [0.2, 0.25) is 5.88 Å². The van der Waals surface area contributed by atoms with E-state index in [0.717, 1.165) is 5.56 Å². The summed E-state index contributed by atoms with van der Waals surface area (Å²) < 4.78 is 5.70. The van der Waals surface area contributed by atoms with E-state index in [0.29, 0.717) is 28.3 Å². The third kappa shape index (κ3) is 3.31. The first-order chi connectivity index (χ1) is 14.4. The lowest BCUT2D eigenvalue weighted by atomic mass is 9.73. The molecular formula is C22H16ClN3O4. The second kappa shape index (κ2) is 7.65. The van der Waals surface area contributed by atoms with E-state index in [4.69, 9.17) is 22.1 Å². The summed E-state index contributed by atoms with van der Waals surface area (Å²) >= 11 is 6.32. The minimum absolute atomic E-state index is 0.0683. The molecule has 4 rings (SSSR count). The van der Waals surface area contributed by atoms with Gasteiger partial charge in [-0.1, -0.05) is 41.9 Å². The second-order valence-corrected chi connectivity index (χ2v) is 7.57. The van der Waals surface area contributed by atoms with Gasteiger partial charge in [-0.3, -0.25) is 14.9 Å². The van der Waals surface area contributed by atoms with Crippen molar-refractivity contribution in [3.63, 3.8) is 0 Å². The monoisotopic (exact) mass is 421 g/mol. The first kappa shape index (κ1) is 19.7. The predicted octanol–water partition coefficient (Wildman–Crippen LogP) is 4.46. The molecule has 0 aromatic heterocycles. The SMILES string of the molecule is N#CC1=C(N)OC2=C(C(=O)C[C@H](c3ccccc3Cl)C2)[C@@H]1c1cccc([N+](=O)[O-])c1. The summed E-state index contributed by atoms with van der Waals surface area (Å²) in [4.78, 5) is 23.9. The molecule has 150 valence electrons. The molecule has 8 heteroatoms. The van der Waals surface area contributed by atoms with Gasteiger partial charge >= 0.3 is 0 Å². The minimum Gasteiger partial charge on any atom is -0.444 e. The molecule has 0 bridgehead atoms. The van der Waals surface area contributed by atoms with Crippen LogP contribution in [0.15, 0.2) is 71.3 Å². The summed E-state index contributed by atoms with van der Waals surface area (Å²) in [5.74, 6) is -0.909. The molecule has 0 unspecified atom stereocenters. The lowest BCUT2D eigenvalue weighted by Crippen LogP contribution is -2.30. The Hall–Kier alpha value is -3.63. The Balaban J connectivity index is 1.82. The maximum absolute atomic E-state index is 13.2. The molecule has 0 spiro atoms. The number of hydrogen-bond acceptors (Lipinski definition) is 6. The number of benzene rings is 2. The summed E-state index contributed by atoms with van der Waals surface area (Å²) in [6, 6.07) is 15.2. The van der Waals surface area contributed by atoms with Crippen LogP contribution in [0.1, 0.15) is 35.8 Å². The fourth-order valence-electron chi connectivity index (χ4n) is 4.09. The third-order valence-electron chi connectivity index (χ3n) is 5.42. The lowest BCUT2D eigenvalue weighted by Gasteiger charge is -2.34. The number of halogens is 1. The predicted molar refractivity (Wildman–Crippen MR) is 109 cm³/mol. The van der Waals surface area contributed by atoms with Gasteiger partial charge in [0.05, 0.1) is 10.8 Å². The van der Waals surface area contributed by atoms with E-state index in [9.17, 15) is 20.2 Å². The Kier molecular flexibility index (Phi) is 5.02. The van der Waals surface area contributed by atoms with E-state index in [-0.39, 0.29) is 35.3 Å². The molecule has 2 N–H and O–H groups in total. The highest BCUT2D eigenvalue weighted by molar-refractivity contribution is 6.31. The van der Waals surface area contributed by atoms with Crippen LogP contribution in [0, 0.1) is 21.4 Å². The number of nitro benzene ring substituents is 1. The number of nitrogens with zero attached hydrogens (tertiary/aromatic N) is 2. The zero-order valence-corrected chi connectivity index (χ0v) is 16.4. The van der Waals surface area contributed by atoms with Gasteiger partial charge in [0.1, 0.15) is 17.4 Å². The molecule has 0 fully saturated rings. The standard InChI is InChI=1S/C22H16ClN3O4/c23-17-7-2-1-6-15(17)13-9-18(27)21-19(10-13)30-22(25)16(11-24)20(21)12-4-3-5-14(8-12)26(28)29/h1-8,13,20H,9-10,25H2/t13-,20+/m0/s1. The van der Waals surface area contributed by atoms with Gasteiger partial charge in [0.15, 0.2) is 5.78 Å². The average molecular weight is 422 g/mol. The van der Waals surface area contributed by atoms with Crippen LogP contribution in [-0.4, -0.2) is 10.7 Å². The van der Waals surface area contributed by atoms with E-state index in [1.807, 2.05) is 24.3 Å². The Morgan fingerprint density at radius 1 is 1.20 bits per heavy atom. The Morgan fingerprint density at radius 2 is 1.97 bits per heavy atom. The van der Waals surface area contributed by atoms with E-state index in [1.54, 1.807) is 12.1 Å². The minimum atomic E-state index is -0.807. The van der Waals surface area contributed by atoms with Crippen LogP contribution in [0.25, 0.3) is 0 Å². The van der Waals surface area contributed by atoms with Crippen molar-refractivity contribution < 1.29 is 14.5 Å². The number of allylic oxidation sites excluding steroid dienone is 3. The first-order valence-electron chi connectivity index (χ1n) is 9.23. The van der Waals surface area contributed by atoms with Crippen molar-refractivity contribution in [3.05, 3.63) is 97.6 Å². The van der Waals surface area contributed by atoms with E-state index >= 15 is 0 Å². The Bertz CT molecular complexity index is 1180. The van der Waals surface area contributed by atoms with Crippen LogP contribution in [0.4, 0.5) is 5.69 Å². The van der Waals surface area contributed by atoms with Gasteiger partial charge in [-0.2, -0.15) is 5.26 Å². The largest absolute Gasteiger partial charge is 0.444 e. The number of hydrogen-bond donors (Lipinski definition) is 1. The summed E-state index contributed by atoms with van der Waals surface area (Å²) in [6.45, 7) is 0. The maximum atomic E-state index is 13.2. The molecule has 0 radical (unpaired) electrons. The molecule has 2 aliphatic rings. The number of Topliss-reactive ketones (excluding diaryl/α,β-unsaturated/α-hetero) is 1. The summed E-state index contributed by atoms with van der Waals surface area (Å²) in [5, 5.41) is 21.4. The molecular weight excluding hydrogens is 406 g/mol. The summed E-state index contributed by atoms with van der Waals surface area (Å²) in [6.07, 6.45) is 0.575. The van der Waals surface area contributed by atoms with Crippen molar-refractivity contribution in [2.24, 2.45) is 5.73 Å². The quantitative estimate of drug-likeness (QED) is 0.577. The number of ketones is 1. The third-order valence-corrected chi connectivity index (χ3v) is 5.76. The van der Waals surface area contributed by atoms with Crippen LogP contribution in [0.3, 0.4) is 0 Å². The Morgan fingerprint density at radius 3 is 2.67 bits per heavy atom. The molecule has 7 nitrogen and oxygen atoms in total. The zero-order chi connectivity index (χ0) is 21.4. The molecule has 1 heterocycles. The van der Waals surface area contributed by atoms with E-state index in [2.05, 4.69) is 0 Å². The highest BCUT2D eigenvalue weighted by Crippen LogP contribution is 2.47. The number of nitro groups is 1. The first-order valence-corrected chi connectivity index (χ1v) is 9.61. The van der Waals surface area contributed by atoms with Crippen LogP contribution in [0.2, 0.25) is 5.02 Å². The topological polar surface area (TPSA) is 119 Å². The molecule has 2 atom stereocenters. The molecule has 2 aromatic carbocycles. The second-order valence-electron chi connectivity index (χ2n) is 7.16. The van der Waals surface area contributed by atoms with Crippen molar-refractivity contribution in [1.29, 1.82) is 5.26 Å². The van der Waals surface area contributed by atoms with Crippen LogP contribution < -0.4 is 5.73 Å². The van der Waals surface area contributed by atoms with Gasteiger partial charge in [0.25, 0.3) is 5.69 Å². The van der Waals surface area contributed by atoms with E-state index in [1.165, 1.54) is 18.2 Å². The van der Waals surface area contributed by atoms with Gasteiger partial charge in [0, 0.05) is 35.6 Å².